The predicted octanol–water partition coefficient (Wildman–Crippen LogP) is 3.37. The first-order chi connectivity index (χ1) is 14.4. The molecular formula is C21H22Cl2N2O5. The summed E-state index contributed by atoms with van der Waals surface area (Å²) < 4.78 is 16.0. The number of hydrogen-bond acceptors (Lipinski definition) is 5. The third-order valence-electron chi connectivity index (χ3n) is 4.80. The molecule has 30 heavy (non-hydrogen) atoms. The number of carbonyl (C=O) groups is 2. The van der Waals surface area contributed by atoms with Crippen molar-refractivity contribution in [2.75, 3.05) is 47.0 Å². The molecule has 0 atom stereocenters. The van der Waals surface area contributed by atoms with Crippen molar-refractivity contribution < 1.29 is 23.8 Å². The Labute approximate surface area is 185 Å². The van der Waals surface area contributed by atoms with Crippen LogP contribution >= 0.6 is 23.2 Å². The van der Waals surface area contributed by atoms with E-state index in [-0.39, 0.29) is 18.4 Å². The summed E-state index contributed by atoms with van der Waals surface area (Å²) in [6, 6.07) is 9.88. The van der Waals surface area contributed by atoms with Crippen molar-refractivity contribution in [2.45, 2.75) is 0 Å². The Balaban J connectivity index is 1.53. The van der Waals surface area contributed by atoms with Gasteiger partial charge in [-0.1, -0.05) is 23.2 Å². The van der Waals surface area contributed by atoms with Gasteiger partial charge in [0.2, 0.25) is 0 Å². The lowest BCUT2D eigenvalue weighted by Crippen LogP contribution is -2.51. The van der Waals surface area contributed by atoms with Crippen molar-refractivity contribution in [2.24, 2.45) is 0 Å². The van der Waals surface area contributed by atoms with Crippen LogP contribution in [0.3, 0.4) is 0 Å². The van der Waals surface area contributed by atoms with Gasteiger partial charge < -0.3 is 24.0 Å². The van der Waals surface area contributed by atoms with Gasteiger partial charge in [0, 0.05) is 36.8 Å². The number of rotatable bonds is 6. The summed E-state index contributed by atoms with van der Waals surface area (Å²) in [4.78, 5) is 28.6. The average molecular weight is 453 g/mol. The van der Waals surface area contributed by atoms with E-state index in [1.54, 1.807) is 53.3 Å². The lowest BCUT2D eigenvalue weighted by molar-refractivity contribution is -0.134. The van der Waals surface area contributed by atoms with Crippen LogP contribution < -0.4 is 14.2 Å². The van der Waals surface area contributed by atoms with Crippen molar-refractivity contribution in [1.82, 2.24) is 9.80 Å². The molecule has 1 aliphatic heterocycles. The first kappa shape index (κ1) is 22.1. The highest BCUT2D eigenvalue weighted by molar-refractivity contribution is 6.35. The zero-order valence-corrected chi connectivity index (χ0v) is 18.2. The molecule has 3 rings (SSSR count). The molecule has 0 saturated carbocycles. The van der Waals surface area contributed by atoms with Crippen molar-refractivity contribution in [3.05, 3.63) is 52.0 Å². The van der Waals surface area contributed by atoms with Gasteiger partial charge in [0.05, 0.1) is 19.2 Å². The van der Waals surface area contributed by atoms with E-state index in [0.717, 1.165) is 0 Å². The second kappa shape index (κ2) is 9.91. The van der Waals surface area contributed by atoms with Gasteiger partial charge in [-0.3, -0.25) is 9.59 Å². The lowest BCUT2D eigenvalue weighted by atomic mass is 10.1. The SMILES string of the molecule is COc1ccc(C(=O)N2CCN(C(=O)COc3ccc(Cl)cc3Cl)CC2)cc1OC. The van der Waals surface area contributed by atoms with E-state index in [0.29, 0.717) is 59.0 Å². The fourth-order valence-corrected chi connectivity index (χ4v) is 3.60. The van der Waals surface area contributed by atoms with Gasteiger partial charge in [-0.15, -0.1) is 0 Å². The molecule has 2 aromatic carbocycles. The summed E-state index contributed by atoms with van der Waals surface area (Å²) in [5.41, 5.74) is 0.508. The summed E-state index contributed by atoms with van der Waals surface area (Å²) in [5.74, 6) is 1.17. The van der Waals surface area contributed by atoms with Gasteiger partial charge in [0.15, 0.2) is 18.1 Å². The Bertz CT molecular complexity index is 930. The highest BCUT2D eigenvalue weighted by Crippen LogP contribution is 2.29. The Hall–Kier alpha value is -2.64. The third kappa shape index (κ3) is 5.09. The molecule has 0 bridgehead atoms. The number of carbonyl (C=O) groups excluding carboxylic acids is 2. The summed E-state index contributed by atoms with van der Waals surface area (Å²) in [6.45, 7) is 1.58. The van der Waals surface area contributed by atoms with Gasteiger partial charge in [-0.2, -0.15) is 0 Å². The maximum absolute atomic E-state index is 12.8. The summed E-state index contributed by atoms with van der Waals surface area (Å²) in [7, 11) is 3.07. The Kier molecular flexibility index (Phi) is 7.29. The predicted molar refractivity (Wildman–Crippen MR) is 114 cm³/mol. The van der Waals surface area contributed by atoms with Crippen LogP contribution in [0, 0.1) is 0 Å². The number of halogens is 2. The molecule has 0 unspecified atom stereocenters. The van der Waals surface area contributed by atoms with Crippen molar-refractivity contribution in [1.29, 1.82) is 0 Å². The molecule has 1 fully saturated rings. The highest BCUT2D eigenvalue weighted by Gasteiger charge is 2.25. The van der Waals surface area contributed by atoms with Gasteiger partial charge in [0.1, 0.15) is 5.75 Å². The van der Waals surface area contributed by atoms with Crippen LogP contribution in [0.5, 0.6) is 17.2 Å². The molecule has 2 amide bonds. The van der Waals surface area contributed by atoms with Crippen molar-refractivity contribution in [3.8, 4) is 17.2 Å². The Morgan fingerprint density at radius 3 is 2.13 bits per heavy atom. The van der Waals surface area contributed by atoms with E-state index >= 15 is 0 Å². The standard InChI is InChI=1S/C21H22Cl2N2O5/c1-28-18-5-3-14(11-19(18)29-2)21(27)25-9-7-24(8-10-25)20(26)13-30-17-6-4-15(22)12-16(17)23/h3-6,11-12H,7-10,13H2,1-2H3. The van der Waals surface area contributed by atoms with E-state index in [1.165, 1.54) is 7.11 Å². The smallest absolute Gasteiger partial charge is 0.260 e. The second-order valence-electron chi connectivity index (χ2n) is 6.61. The van der Waals surface area contributed by atoms with Crippen LogP contribution in [0.4, 0.5) is 0 Å². The van der Waals surface area contributed by atoms with Crippen molar-refractivity contribution >= 4 is 35.0 Å². The largest absolute Gasteiger partial charge is 0.493 e. The molecule has 160 valence electrons. The monoisotopic (exact) mass is 452 g/mol. The Morgan fingerprint density at radius 1 is 0.867 bits per heavy atom. The molecule has 2 aromatic rings. The quantitative estimate of drug-likeness (QED) is 0.671. The topological polar surface area (TPSA) is 68.3 Å². The number of amides is 2. The van der Waals surface area contributed by atoms with Crippen LogP contribution in [0.15, 0.2) is 36.4 Å². The van der Waals surface area contributed by atoms with Gasteiger partial charge in [-0.25, -0.2) is 0 Å². The van der Waals surface area contributed by atoms with Crippen LogP contribution in [-0.2, 0) is 4.79 Å². The molecule has 7 nitrogen and oxygen atoms in total. The molecule has 0 aromatic heterocycles. The molecule has 9 heteroatoms. The minimum absolute atomic E-state index is 0.118. The van der Waals surface area contributed by atoms with E-state index in [9.17, 15) is 9.59 Å². The van der Waals surface area contributed by atoms with Gasteiger partial charge >= 0.3 is 0 Å². The molecule has 0 aliphatic carbocycles. The van der Waals surface area contributed by atoms with E-state index in [4.69, 9.17) is 37.4 Å². The van der Waals surface area contributed by atoms with Gasteiger partial charge in [0.25, 0.3) is 11.8 Å². The molecule has 1 heterocycles. The number of nitrogens with zero attached hydrogens (tertiary/aromatic N) is 2. The third-order valence-corrected chi connectivity index (χ3v) is 5.33. The van der Waals surface area contributed by atoms with Crippen LogP contribution in [0.2, 0.25) is 10.0 Å². The minimum atomic E-state index is -0.167. The number of benzene rings is 2. The first-order valence-electron chi connectivity index (χ1n) is 9.30. The Morgan fingerprint density at radius 2 is 1.50 bits per heavy atom. The zero-order valence-electron chi connectivity index (χ0n) is 16.7. The highest BCUT2D eigenvalue weighted by atomic mass is 35.5. The maximum atomic E-state index is 12.8. The molecular weight excluding hydrogens is 431 g/mol. The molecule has 0 spiro atoms. The van der Waals surface area contributed by atoms with E-state index in [1.807, 2.05) is 0 Å². The number of ether oxygens (including phenoxy) is 3. The zero-order chi connectivity index (χ0) is 21.7. The van der Waals surface area contributed by atoms with Crippen LogP contribution in [0.1, 0.15) is 10.4 Å². The van der Waals surface area contributed by atoms with Gasteiger partial charge in [-0.05, 0) is 36.4 Å². The summed E-state index contributed by atoms with van der Waals surface area (Å²) >= 11 is 11.9. The minimum Gasteiger partial charge on any atom is -0.493 e. The van der Waals surface area contributed by atoms with Crippen molar-refractivity contribution in [3.63, 3.8) is 0 Å². The summed E-state index contributed by atoms with van der Waals surface area (Å²) in [5, 5.41) is 0.842. The van der Waals surface area contributed by atoms with Crippen LogP contribution in [-0.4, -0.2) is 68.6 Å². The number of piperazine rings is 1. The molecule has 0 N–H and O–H groups in total. The number of methoxy groups -OCH3 is 2. The first-order valence-corrected chi connectivity index (χ1v) is 10.1. The normalized spacial score (nSPS) is 13.7. The maximum Gasteiger partial charge on any atom is 0.260 e. The summed E-state index contributed by atoms with van der Waals surface area (Å²) in [6.07, 6.45) is 0. The van der Waals surface area contributed by atoms with E-state index in [2.05, 4.69) is 0 Å². The fraction of sp³-hybridized carbons (Fsp3) is 0.333. The average Bonchev–Trinajstić information content (AvgIpc) is 2.77. The second-order valence-corrected chi connectivity index (χ2v) is 7.45. The fourth-order valence-electron chi connectivity index (χ4n) is 3.13. The lowest BCUT2D eigenvalue weighted by Gasteiger charge is -2.34. The van der Waals surface area contributed by atoms with Crippen LogP contribution in [0.25, 0.3) is 0 Å². The molecule has 1 aliphatic rings. The number of hydrogen-bond donors (Lipinski definition) is 0. The van der Waals surface area contributed by atoms with E-state index < -0.39 is 0 Å². The molecule has 0 radical (unpaired) electrons. The molecule has 1 saturated heterocycles.